The molecule has 1 aromatic carbocycles. The predicted molar refractivity (Wildman–Crippen MR) is 71.4 cm³/mol. The highest BCUT2D eigenvalue weighted by Gasteiger charge is 2.38. The Labute approximate surface area is 116 Å². The Bertz CT molecular complexity index is 649. The van der Waals surface area contributed by atoms with Crippen LogP contribution in [0, 0.1) is 0 Å². The minimum atomic E-state index is -1.18. The van der Waals surface area contributed by atoms with Crippen LogP contribution in [0.15, 0.2) is 42.6 Å². The second-order valence-electron chi connectivity index (χ2n) is 4.68. The topological polar surface area (TPSA) is 49.7 Å². The zero-order chi connectivity index (χ0) is 14.2. The van der Waals surface area contributed by atoms with Gasteiger partial charge in [-0.05, 0) is 18.2 Å². The molecule has 5 nitrogen and oxygen atoms in total. The van der Waals surface area contributed by atoms with Gasteiger partial charge < -0.3 is 18.8 Å². The van der Waals surface area contributed by atoms with Crippen LogP contribution in [0.2, 0.25) is 0 Å². The van der Waals surface area contributed by atoms with Crippen molar-refractivity contribution in [2.75, 3.05) is 7.11 Å². The number of fused-ring (bicyclic) bond motifs is 3. The van der Waals surface area contributed by atoms with Gasteiger partial charge in [0.25, 0.3) is 5.79 Å². The van der Waals surface area contributed by atoms with Crippen molar-refractivity contribution in [3.05, 3.63) is 53.9 Å². The average molecular weight is 273 g/mol. The standard InChI is InChI=1S/C15H15NO4/c1-15(20-14(17)18-2)13-8-5-9-16(13)12-7-4-3-6-11(12)10-19-15/h3-9H,10H2,1-2H3. The van der Waals surface area contributed by atoms with Gasteiger partial charge in [0.05, 0.1) is 25.1 Å². The summed E-state index contributed by atoms with van der Waals surface area (Å²) in [5, 5.41) is 0. The second kappa shape index (κ2) is 4.68. The van der Waals surface area contributed by atoms with E-state index >= 15 is 0 Å². The molecule has 0 spiro atoms. The molecule has 1 aliphatic heterocycles. The number of aromatic nitrogens is 1. The van der Waals surface area contributed by atoms with E-state index in [1.54, 1.807) is 6.92 Å². The summed E-state index contributed by atoms with van der Waals surface area (Å²) < 4.78 is 17.7. The van der Waals surface area contributed by atoms with Crippen LogP contribution in [0.5, 0.6) is 0 Å². The summed E-state index contributed by atoms with van der Waals surface area (Å²) in [5.41, 5.74) is 2.79. The smallest absolute Gasteiger partial charge is 0.438 e. The third-order valence-electron chi connectivity index (χ3n) is 3.41. The van der Waals surface area contributed by atoms with Gasteiger partial charge in [-0.25, -0.2) is 4.79 Å². The van der Waals surface area contributed by atoms with Crippen LogP contribution >= 0.6 is 0 Å². The fraction of sp³-hybridized carbons (Fsp3) is 0.267. The maximum absolute atomic E-state index is 11.5. The lowest BCUT2D eigenvalue weighted by Crippen LogP contribution is -2.33. The Hall–Kier alpha value is -2.27. The molecule has 2 heterocycles. The lowest BCUT2D eigenvalue weighted by atomic mass is 10.2. The van der Waals surface area contributed by atoms with E-state index in [0.29, 0.717) is 6.61 Å². The van der Waals surface area contributed by atoms with Crippen molar-refractivity contribution in [1.82, 2.24) is 4.57 Å². The van der Waals surface area contributed by atoms with Crippen molar-refractivity contribution in [2.24, 2.45) is 0 Å². The van der Waals surface area contributed by atoms with E-state index in [2.05, 4.69) is 4.74 Å². The highest BCUT2D eigenvalue weighted by Crippen LogP contribution is 2.35. The molecule has 0 aliphatic carbocycles. The molecule has 0 amide bonds. The first-order valence-corrected chi connectivity index (χ1v) is 6.31. The molecule has 0 saturated carbocycles. The molecule has 0 fully saturated rings. The van der Waals surface area contributed by atoms with Gasteiger partial charge in [0.2, 0.25) is 0 Å². The van der Waals surface area contributed by atoms with E-state index in [9.17, 15) is 4.79 Å². The van der Waals surface area contributed by atoms with Crippen molar-refractivity contribution in [3.63, 3.8) is 0 Å². The van der Waals surface area contributed by atoms with Crippen LogP contribution in [-0.4, -0.2) is 17.8 Å². The van der Waals surface area contributed by atoms with Gasteiger partial charge in [0.15, 0.2) is 0 Å². The maximum atomic E-state index is 11.5. The minimum Gasteiger partial charge on any atom is -0.438 e. The zero-order valence-electron chi connectivity index (χ0n) is 11.3. The van der Waals surface area contributed by atoms with Gasteiger partial charge in [-0.1, -0.05) is 18.2 Å². The van der Waals surface area contributed by atoms with Gasteiger partial charge in [0, 0.05) is 18.7 Å². The van der Waals surface area contributed by atoms with Crippen LogP contribution in [0.4, 0.5) is 4.79 Å². The lowest BCUT2D eigenvalue weighted by molar-refractivity contribution is -0.216. The van der Waals surface area contributed by atoms with Crippen molar-refractivity contribution in [2.45, 2.75) is 19.3 Å². The van der Waals surface area contributed by atoms with Gasteiger partial charge in [-0.3, -0.25) is 0 Å². The largest absolute Gasteiger partial charge is 0.510 e. The van der Waals surface area contributed by atoms with Crippen molar-refractivity contribution in [3.8, 4) is 5.69 Å². The van der Waals surface area contributed by atoms with Gasteiger partial charge >= 0.3 is 6.16 Å². The van der Waals surface area contributed by atoms with E-state index in [-0.39, 0.29) is 0 Å². The first-order valence-electron chi connectivity index (χ1n) is 6.31. The minimum absolute atomic E-state index is 0.353. The SMILES string of the molecule is COC(=O)OC1(C)OCc2ccccc2-n2cccc21. The summed E-state index contributed by atoms with van der Waals surface area (Å²) in [6.07, 6.45) is 1.15. The number of para-hydroxylation sites is 1. The molecule has 104 valence electrons. The number of rotatable bonds is 1. The predicted octanol–water partition coefficient (Wildman–Crippen LogP) is 2.96. The summed E-state index contributed by atoms with van der Waals surface area (Å²) in [6.45, 7) is 2.06. The van der Waals surface area contributed by atoms with Gasteiger partial charge in [-0.2, -0.15) is 0 Å². The summed E-state index contributed by atoms with van der Waals surface area (Å²) in [4.78, 5) is 11.5. The Kier molecular flexibility index (Phi) is 2.99. The van der Waals surface area contributed by atoms with Crippen LogP contribution in [0.1, 0.15) is 18.2 Å². The number of methoxy groups -OCH3 is 1. The molecule has 5 heteroatoms. The highest BCUT2D eigenvalue weighted by molar-refractivity contribution is 5.60. The number of nitrogens with zero attached hydrogens (tertiary/aromatic N) is 1. The summed E-state index contributed by atoms with van der Waals surface area (Å²) >= 11 is 0. The monoisotopic (exact) mass is 273 g/mol. The molecule has 0 saturated heterocycles. The zero-order valence-corrected chi connectivity index (χ0v) is 11.3. The maximum Gasteiger partial charge on any atom is 0.510 e. The van der Waals surface area contributed by atoms with Crippen molar-refractivity contribution < 1.29 is 19.0 Å². The molecule has 1 aromatic heterocycles. The molecule has 20 heavy (non-hydrogen) atoms. The summed E-state index contributed by atoms with van der Waals surface area (Å²) in [6, 6.07) is 11.7. The molecular weight excluding hydrogens is 258 g/mol. The first-order chi connectivity index (χ1) is 9.64. The van der Waals surface area contributed by atoms with Gasteiger partial charge in [-0.15, -0.1) is 0 Å². The second-order valence-corrected chi connectivity index (χ2v) is 4.68. The van der Waals surface area contributed by atoms with Crippen LogP contribution in [0.25, 0.3) is 5.69 Å². The normalized spacial score (nSPS) is 20.5. The first kappa shape index (κ1) is 12.7. The van der Waals surface area contributed by atoms with E-state index < -0.39 is 11.9 Å². The summed E-state index contributed by atoms with van der Waals surface area (Å²) in [5.74, 6) is -1.18. The molecule has 0 bridgehead atoms. The molecule has 0 radical (unpaired) electrons. The van der Waals surface area contributed by atoms with Crippen LogP contribution in [0.3, 0.4) is 0 Å². The van der Waals surface area contributed by atoms with Crippen molar-refractivity contribution in [1.29, 1.82) is 0 Å². The van der Waals surface area contributed by atoms with E-state index in [4.69, 9.17) is 9.47 Å². The number of ether oxygens (including phenoxy) is 3. The number of benzene rings is 1. The molecule has 1 atom stereocenters. The molecule has 1 unspecified atom stereocenters. The molecule has 3 rings (SSSR count). The summed E-state index contributed by atoms with van der Waals surface area (Å²) in [7, 11) is 1.27. The third-order valence-corrected chi connectivity index (χ3v) is 3.41. The Morgan fingerprint density at radius 3 is 2.90 bits per heavy atom. The fourth-order valence-corrected chi connectivity index (χ4v) is 2.40. The third kappa shape index (κ3) is 1.96. The average Bonchev–Trinajstić information content (AvgIpc) is 2.91. The number of hydrogen-bond donors (Lipinski definition) is 0. The fourth-order valence-electron chi connectivity index (χ4n) is 2.40. The number of carbonyl (C=O) groups is 1. The number of hydrogen-bond acceptors (Lipinski definition) is 4. The molecule has 1 aliphatic rings. The van der Waals surface area contributed by atoms with E-state index in [1.807, 2.05) is 47.2 Å². The van der Waals surface area contributed by atoms with Crippen LogP contribution in [-0.2, 0) is 26.6 Å². The molecule has 2 aromatic rings. The van der Waals surface area contributed by atoms with Crippen LogP contribution < -0.4 is 0 Å². The molecule has 0 N–H and O–H groups in total. The molecular formula is C15H15NO4. The highest BCUT2D eigenvalue weighted by atomic mass is 16.8. The van der Waals surface area contributed by atoms with E-state index in [1.165, 1.54) is 7.11 Å². The number of carbonyl (C=O) groups excluding carboxylic acids is 1. The van der Waals surface area contributed by atoms with Gasteiger partial charge in [0.1, 0.15) is 0 Å². The van der Waals surface area contributed by atoms with Crippen molar-refractivity contribution >= 4 is 6.16 Å². The quantitative estimate of drug-likeness (QED) is 0.749. The lowest BCUT2D eigenvalue weighted by Gasteiger charge is -2.27. The Balaban J connectivity index is 2.10. The van der Waals surface area contributed by atoms with E-state index in [0.717, 1.165) is 16.9 Å². The Morgan fingerprint density at radius 1 is 1.30 bits per heavy atom. The Morgan fingerprint density at radius 2 is 2.10 bits per heavy atom.